The van der Waals surface area contributed by atoms with Gasteiger partial charge < -0.3 is 21.4 Å². The Morgan fingerprint density at radius 3 is 2.67 bits per heavy atom. The third-order valence-corrected chi connectivity index (χ3v) is 6.19. The van der Waals surface area contributed by atoms with Crippen LogP contribution in [-0.2, 0) is 22.4 Å². The van der Waals surface area contributed by atoms with Gasteiger partial charge >= 0.3 is 0 Å². The van der Waals surface area contributed by atoms with Gasteiger partial charge in [0.1, 0.15) is 6.04 Å². The van der Waals surface area contributed by atoms with Crippen molar-refractivity contribution in [2.24, 2.45) is 11.7 Å². The normalized spacial score (nSPS) is 15.0. The molecule has 1 aliphatic rings. The number of imidazole rings is 1. The van der Waals surface area contributed by atoms with Crippen LogP contribution >= 0.6 is 0 Å². The maximum absolute atomic E-state index is 12.9. The highest BCUT2D eigenvalue weighted by atomic mass is 16.2. The molecule has 8 heteroatoms. The van der Waals surface area contributed by atoms with E-state index in [0.717, 1.165) is 24.1 Å². The number of hydrogen-bond donors (Lipinski definition) is 4. The second kappa shape index (κ2) is 12.8. The monoisotopic (exact) mass is 452 g/mol. The minimum atomic E-state index is -0.561. The number of aromatic amines is 1. The smallest absolute Gasteiger partial charge is 0.248 e. The number of H-pyrrole nitrogens is 1. The van der Waals surface area contributed by atoms with Crippen LogP contribution in [0.2, 0.25) is 0 Å². The summed E-state index contributed by atoms with van der Waals surface area (Å²) in [6, 6.07) is 6.57. The van der Waals surface area contributed by atoms with Gasteiger partial charge in [-0.05, 0) is 36.8 Å². The summed E-state index contributed by atoms with van der Waals surface area (Å²) in [6.07, 6.45) is 13.0. The first-order chi connectivity index (χ1) is 16.0. The molecule has 2 aromatic rings. The first-order valence-corrected chi connectivity index (χ1v) is 11.8. The Bertz CT molecular complexity index is 907. The van der Waals surface area contributed by atoms with Crippen molar-refractivity contribution in [3.05, 3.63) is 60.0 Å². The fourth-order valence-electron chi connectivity index (χ4n) is 4.42. The van der Waals surface area contributed by atoms with Crippen molar-refractivity contribution in [1.29, 1.82) is 0 Å². The molecule has 1 heterocycles. The number of carbonyl (C=O) groups excluding carboxylic acids is 3. The standard InChI is InChI=1S/C25H34N5O3/c26-24(32)21-11-5-4-9-19(21)10-6-12-23(31)30-22(15-18-7-2-1-3-8-18)25(33)28-14-13-20-16-27-17-29-20/h4-5,9,11-12,16-18,22H,1-3,6-8,10,13-15H2,(H2,26,32)(H,27,29)(H,28,33)(H,30,31). The minimum Gasteiger partial charge on any atom is -0.366 e. The second-order valence-corrected chi connectivity index (χ2v) is 8.67. The molecule has 33 heavy (non-hydrogen) atoms. The van der Waals surface area contributed by atoms with Gasteiger partial charge in [0.05, 0.1) is 12.0 Å². The van der Waals surface area contributed by atoms with Crippen LogP contribution in [-0.4, -0.2) is 40.3 Å². The number of nitrogens with zero attached hydrogens (tertiary/aromatic N) is 1. The van der Waals surface area contributed by atoms with Crippen molar-refractivity contribution >= 4 is 17.7 Å². The Balaban J connectivity index is 1.51. The van der Waals surface area contributed by atoms with Gasteiger partial charge in [0.2, 0.25) is 17.7 Å². The predicted octanol–water partition coefficient (Wildman–Crippen LogP) is 2.46. The molecular weight excluding hydrogens is 418 g/mol. The highest BCUT2D eigenvalue weighted by molar-refractivity contribution is 5.94. The summed E-state index contributed by atoms with van der Waals surface area (Å²) in [5, 5.41) is 5.86. The van der Waals surface area contributed by atoms with Crippen molar-refractivity contribution in [3.8, 4) is 0 Å². The van der Waals surface area contributed by atoms with Gasteiger partial charge in [-0.3, -0.25) is 14.4 Å². The first-order valence-electron chi connectivity index (χ1n) is 11.8. The van der Waals surface area contributed by atoms with Crippen LogP contribution in [0, 0.1) is 12.3 Å². The number of aryl methyl sites for hydroxylation is 1. The molecule has 1 aromatic carbocycles. The van der Waals surface area contributed by atoms with Crippen LogP contribution in [0.15, 0.2) is 36.8 Å². The highest BCUT2D eigenvalue weighted by Gasteiger charge is 2.25. The van der Waals surface area contributed by atoms with Crippen LogP contribution in [0.1, 0.15) is 66.6 Å². The average Bonchev–Trinajstić information content (AvgIpc) is 3.33. The third kappa shape index (κ3) is 8.04. The lowest BCUT2D eigenvalue weighted by molar-refractivity contribution is -0.128. The van der Waals surface area contributed by atoms with Gasteiger partial charge in [0.15, 0.2) is 0 Å². The summed E-state index contributed by atoms with van der Waals surface area (Å²) in [6.45, 7) is 0.467. The molecule has 0 aliphatic heterocycles. The maximum Gasteiger partial charge on any atom is 0.248 e. The van der Waals surface area contributed by atoms with Crippen molar-refractivity contribution in [1.82, 2.24) is 20.6 Å². The lowest BCUT2D eigenvalue weighted by Gasteiger charge is -2.26. The van der Waals surface area contributed by atoms with Crippen LogP contribution < -0.4 is 16.4 Å². The van der Waals surface area contributed by atoms with E-state index in [4.69, 9.17) is 5.73 Å². The van der Waals surface area contributed by atoms with E-state index in [0.29, 0.717) is 43.7 Å². The Morgan fingerprint density at radius 2 is 1.94 bits per heavy atom. The number of carbonyl (C=O) groups is 3. The van der Waals surface area contributed by atoms with Gasteiger partial charge in [0.25, 0.3) is 0 Å². The van der Waals surface area contributed by atoms with E-state index in [-0.39, 0.29) is 11.8 Å². The summed E-state index contributed by atoms with van der Waals surface area (Å²) < 4.78 is 0. The van der Waals surface area contributed by atoms with Crippen LogP contribution in [0.4, 0.5) is 0 Å². The molecule has 1 unspecified atom stereocenters. The number of rotatable bonds is 12. The molecule has 0 spiro atoms. The average molecular weight is 453 g/mol. The molecule has 8 nitrogen and oxygen atoms in total. The molecule has 1 aromatic heterocycles. The number of nitrogens with one attached hydrogen (secondary N) is 3. The Kier molecular flexibility index (Phi) is 9.47. The van der Waals surface area contributed by atoms with E-state index < -0.39 is 11.9 Å². The van der Waals surface area contributed by atoms with Crippen molar-refractivity contribution in [3.63, 3.8) is 0 Å². The molecule has 5 N–H and O–H groups in total. The maximum atomic E-state index is 12.9. The molecule has 3 rings (SSSR count). The zero-order valence-corrected chi connectivity index (χ0v) is 19.0. The number of primary amides is 1. The summed E-state index contributed by atoms with van der Waals surface area (Å²) >= 11 is 0. The van der Waals surface area contributed by atoms with Gasteiger partial charge in [-0.25, -0.2) is 4.98 Å². The molecule has 1 atom stereocenters. The molecule has 0 bridgehead atoms. The first kappa shape index (κ1) is 24.5. The molecule has 177 valence electrons. The van der Waals surface area contributed by atoms with Gasteiger partial charge in [0, 0.05) is 31.1 Å². The SMILES string of the molecule is NC(=O)c1ccccc1CC[CH]C(=O)NC(CC1CCCCC1)C(=O)NCCc1c[nH]cn1. The van der Waals surface area contributed by atoms with E-state index >= 15 is 0 Å². The van der Waals surface area contributed by atoms with Crippen LogP contribution in [0.25, 0.3) is 0 Å². The molecular formula is C25H34N5O3. The molecule has 3 amide bonds. The highest BCUT2D eigenvalue weighted by Crippen LogP contribution is 2.27. The van der Waals surface area contributed by atoms with E-state index in [2.05, 4.69) is 20.6 Å². The van der Waals surface area contributed by atoms with Crippen molar-refractivity contribution in [2.45, 2.75) is 63.8 Å². The van der Waals surface area contributed by atoms with E-state index in [9.17, 15) is 14.4 Å². The predicted molar refractivity (Wildman–Crippen MR) is 126 cm³/mol. The Labute approximate surface area is 195 Å². The quantitative estimate of drug-likeness (QED) is 0.394. The number of benzene rings is 1. The van der Waals surface area contributed by atoms with Crippen molar-refractivity contribution < 1.29 is 14.4 Å². The Morgan fingerprint density at radius 1 is 1.15 bits per heavy atom. The largest absolute Gasteiger partial charge is 0.366 e. The second-order valence-electron chi connectivity index (χ2n) is 8.67. The fourth-order valence-corrected chi connectivity index (χ4v) is 4.42. The summed E-state index contributed by atoms with van der Waals surface area (Å²) in [5.74, 6) is -0.454. The zero-order chi connectivity index (χ0) is 23.5. The Hall–Kier alpha value is -3.16. The van der Waals surface area contributed by atoms with Gasteiger partial charge in [-0.1, -0.05) is 50.3 Å². The lowest BCUT2D eigenvalue weighted by Crippen LogP contribution is -2.48. The summed E-state index contributed by atoms with van der Waals surface area (Å²) in [5.41, 5.74) is 7.59. The molecule has 1 aliphatic carbocycles. The van der Waals surface area contributed by atoms with E-state index in [1.54, 1.807) is 31.1 Å². The number of hydrogen-bond acceptors (Lipinski definition) is 4. The lowest BCUT2D eigenvalue weighted by atomic mass is 9.84. The van der Waals surface area contributed by atoms with Crippen LogP contribution in [0.3, 0.4) is 0 Å². The number of nitrogens with two attached hydrogens (primary N) is 1. The van der Waals surface area contributed by atoms with Crippen LogP contribution in [0.5, 0.6) is 0 Å². The minimum absolute atomic E-state index is 0.156. The van der Waals surface area contributed by atoms with Gasteiger partial charge in [-0.2, -0.15) is 0 Å². The molecule has 1 saturated carbocycles. The molecule has 0 saturated heterocycles. The summed E-state index contributed by atoms with van der Waals surface area (Å²) in [4.78, 5) is 44.1. The molecule has 1 radical (unpaired) electrons. The van der Waals surface area contributed by atoms with Gasteiger partial charge in [-0.15, -0.1) is 0 Å². The topological polar surface area (TPSA) is 130 Å². The number of amides is 3. The van der Waals surface area contributed by atoms with E-state index in [1.807, 2.05) is 12.1 Å². The number of aromatic nitrogens is 2. The third-order valence-electron chi connectivity index (χ3n) is 6.19. The molecule has 1 fully saturated rings. The summed E-state index contributed by atoms with van der Waals surface area (Å²) in [7, 11) is 0. The zero-order valence-electron chi connectivity index (χ0n) is 19.0. The van der Waals surface area contributed by atoms with Crippen molar-refractivity contribution in [2.75, 3.05) is 6.54 Å². The fraction of sp³-hybridized carbons (Fsp3) is 0.480. The van der Waals surface area contributed by atoms with E-state index in [1.165, 1.54) is 19.3 Å².